The molecular formula is C22H19N3O3. The predicted octanol–water partition coefficient (Wildman–Crippen LogP) is 4.85. The van der Waals surface area contributed by atoms with Gasteiger partial charge in [0.25, 0.3) is 0 Å². The number of para-hydroxylation sites is 1. The molecule has 0 radical (unpaired) electrons. The van der Waals surface area contributed by atoms with Crippen LogP contribution in [0.3, 0.4) is 0 Å². The van der Waals surface area contributed by atoms with Crippen molar-refractivity contribution in [1.29, 1.82) is 0 Å². The first-order valence-corrected chi connectivity index (χ1v) is 8.83. The minimum Gasteiger partial charge on any atom is -0.497 e. The van der Waals surface area contributed by atoms with Crippen molar-refractivity contribution in [2.75, 3.05) is 12.4 Å². The molecule has 0 spiro atoms. The standard InChI is InChI=1S/C22H19N3O3/c1-28-17-12-10-15(11-13-17)14-25-21-18(8-5-9-19(21)23-22(26)27)20(24-25)16-6-3-2-4-7-16/h2-13,23H,14H2,1H3,(H,26,27). The summed E-state index contributed by atoms with van der Waals surface area (Å²) in [6.45, 7) is 0.506. The number of aromatic nitrogens is 2. The van der Waals surface area contributed by atoms with Gasteiger partial charge in [0.05, 0.1) is 24.9 Å². The Bertz CT molecular complexity index is 1120. The Hall–Kier alpha value is -3.80. The second-order valence-electron chi connectivity index (χ2n) is 6.35. The van der Waals surface area contributed by atoms with E-state index < -0.39 is 6.09 Å². The molecule has 0 bridgehead atoms. The van der Waals surface area contributed by atoms with E-state index in [0.29, 0.717) is 12.2 Å². The maximum absolute atomic E-state index is 11.3. The average molecular weight is 373 g/mol. The molecule has 0 saturated heterocycles. The van der Waals surface area contributed by atoms with Crippen LogP contribution in [0.15, 0.2) is 72.8 Å². The van der Waals surface area contributed by atoms with Crippen LogP contribution in [0.25, 0.3) is 22.2 Å². The van der Waals surface area contributed by atoms with Gasteiger partial charge < -0.3 is 9.84 Å². The van der Waals surface area contributed by atoms with Crippen LogP contribution in [0.2, 0.25) is 0 Å². The third-order valence-corrected chi connectivity index (χ3v) is 4.55. The van der Waals surface area contributed by atoms with Gasteiger partial charge in [-0.25, -0.2) is 4.79 Å². The Morgan fingerprint density at radius 1 is 1.04 bits per heavy atom. The second-order valence-corrected chi connectivity index (χ2v) is 6.35. The van der Waals surface area contributed by atoms with Gasteiger partial charge in [-0.2, -0.15) is 5.10 Å². The third kappa shape index (κ3) is 3.40. The molecule has 0 unspecified atom stereocenters. The van der Waals surface area contributed by atoms with Crippen LogP contribution in [0.1, 0.15) is 5.56 Å². The molecule has 0 saturated carbocycles. The zero-order chi connectivity index (χ0) is 19.5. The number of rotatable bonds is 5. The van der Waals surface area contributed by atoms with E-state index in [1.54, 1.807) is 13.2 Å². The lowest BCUT2D eigenvalue weighted by atomic mass is 10.1. The quantitative estimate of drug-likeness (QED) is 0.524. The van der Waals surface area contributed by atoms with Crippen molar-refractivity contribution in [2.24, 2.45) is 0 Å². The molecule has 3 aromatic carbocycles. The number of fused-ring (bicyclic) bond motifs is 1. The SMILES string of the molecule is COc1ccc(Cn2nc(-c3ccccc3)c3cccc(NC(=O)O)c32)cc1. The van der Waals surface area contributed by atoms with Gasteiger partial charge >= 0.3 is 6.09 Å². The molecule has 0 fully saturated rings. The first kappa shape index (κ1) is 17.6. The first-order chi connectivity index (χ1) is 13.7. The van der Waals surface area contributed by atoms with Crippen molar-refractivity contribution in [3.8, 4) is 17.0 Å². The van der Waals surface area contributed by atoms with Crippen molar-refractivity contribution >= 4 is 22.7 Å². The minimum absolute atomic E-state index is 0.506. The van der Waals surface area contributed by atoms with Crippen molar-refractivity contribution in [1.82, 2.24) is 9.78 Å². The van der Waals surface area contributed by atoms with E-state index in [-0.39, 0.29) is 0 Å². The highest BCUT2D eigenvalue weighted by Gasteiger charge is 2.16. The van der Waals surface area contributed by atoms with Gasteiger partial charge in [0.15, 0.2) is 0 Å². The van der Waals surface area contributed by atoms with Gasteiger partial charge in [-0.05, 0) is 23.8 Å². The van der Waals surface area contributed by atoms with Crippen LogP contribution in [0.4, 0.5) is 10.5 Å². The molecule has 1 heterocycles. The van der Waals surface area contributed by atoms with Crippen LogP contribution in [-0.2, 0) is 6.54 Å². The lowest BCUT2D eigenvalue weighted by molar-refractivity contribution is 0.210. The summed E-state index contributed by atoms with van der Waals surface area (Å²) in [4.78, 5) is 11.3. The van der Waals surface area contributed by atoms with Crippen molar-refractivity contribution < 1.29 is 14.6 Å². The molecular weight excluding hydrogens is 354 g/mol. The molecule has 6 nitrogen and oxygen atoms in total. The van der Waals surface area contributed by atoms with E-state index in [1.807, 2.05) is 71.4 Å². The summed E-state index contributed by atoms with van der Waals surface area (Å²) in [6, 6.07) is 23.2. The summed E-state index contributed by atoms with van der Waals surface area (Å²) < 4.78 is 7.05. The monoisotopic (exact) mass is 373 g/mol. The molecule has 28 heavy (non-hydrogen) atoms. The number of ether oxygens (including phenoxy) is 1. The highest BCUT2D eigenvalue weighted by atomic mass is 16.5. The molecule has 6 heteroatoms. The predicted molar refractivity (Wildman–Crippen MR) is 109 cm³/mol. The number of hydrogen-bond acceptors (Lipinski definition) is 3. The molecule has 0 aliphatic carbocycles. The fraction of sp³-hybridized carbons (Fsp3) is 0.0909. The number of amides is 1. The van der Waals surface area contributed by atoms with Crippen LogP contribution in [0, 0.1) is 0 Å². The van der Waals surface area contributed by atoms with Gasteiger partial charge in [0.2, 0.25) is 0 Å². The molecule has 4 rings (SSSR count). The molecule has 140 valence electrons. The van der Waals surface area contributed by atoms with Crippen LogP contribution in [-0.4, -0.2) is 28.1 Å². The van der Waals surface area contributed by atoms with E-state index in [1.165, 1.54) is 0 Å². The Morgan fingerprint density at radius 2 is 1.79 bits per heavy atom. The average Bonchev–Trinajstić information content (AvgIpc) is 3.08. The zero-order valence-corrected chi connectivity index (χ0v) is 15.3. The Morgan fingerprint density at radius 3 is 2.46 bits per heavy atom. The first-order valence-electron chi connectivity index (χ1n) is 8.83. The summed E-state index contributed by atoms with van der Waals surface area (Å²) in [5.74, 6) is 0.785. The van der Waals surface area contributed by atoms with Gasteiger partial charge in [0.1, 0.15) is 11.4 Å². The van der Waals surface area contributed by atoms with Crippen LogP contribution in [0.5, 0.6) is 5.75 Å². The Kier molecular flexibility index (Phi) is 4.68. The van der Waals surface area contributed by atoms with Crippen molar-refractivity contribution in [3.05, 3.63) is 78.4 Å². The number of carbonyl (C=O) groups is 1. The van der Waals surface area contributed by atoms with E-state index in [4.69, 9.17) is 9.84 Å². The normalized spacial score (nSPS) is 10.8. The number of anilines is 1. The molecule has 0 aliphatic rings. The van der Waals surface area contributed by atoms with Crippen molar-refractivity contribution in [2.45, 2.75) is 6.54 Å². The number of nitrogens with zero attached hydrogens (tertiary/aromatic N) is 2. The summed E-state index contributed by atoms with van der Waals surface area (Å²) in [7, 11) is 1.63. The Labute approximate surface area is 162 Å². The number of methoxy groups -OCH3 is 1. The highest BCUT2D eigenvalue weighted by molar-refractivity contribution is 6.03. The summed E-state index contributed by atoms with van der Waals surface area (Å²) in [6.07, 6.45) is -1.11. The van der Waals surface area contributed by atoms with Gasteiger partial charge in [-0.1, -0.05) is 54.6 Å². The Balaban J connectivity index is 1.86. The van der Waals surface area contributed by atoms with Crippen LogP contribution >= 0.6 is 0 Å². The molecule has 1 aromatic heterocycles. The van der Waals surface area contributed by atoms with E-state index in [9.17, 15) is 9.90 Å². The maximum Gasteiger partial charge on any atom is 0.409 e. The highest BCUT2D eigenvalue weighted by Crippen LogP contribution is 2.33. The molecule has 0 atom stereocenters. The molecule has 2 N–H and O–H groups in total. The molecule has 0 aliphatic heterocycles. The smallest absolute Gasteiger partial charge is 0.409 e. The fourth-order valence-electron chi connectivity index (χ4n) is 3.28. The maximum atomic E-state index is 11.3. The minimum atomic E-state index is -1.11. The lowest BCUT2D eigenvalue weighted by Crippen LogP contribution is -2.10. The topological polar surface area (TPSA) is 76.4 Å². The van der Waals surface area contributed by atoms with Gasteiger partial charge in [-0.3, -0.25) is 10.00 Å². The van der Waals surface area contributed by atoms with Gasteiger partial charge in [-0.15, -0.1) is 0 Å². The van der Waals surface area contributed by atoms with E-state index in [0.717, 1.165) is 33.5 Å². The number of hydrogen-bond donors (Lipinski definition) is 2. The fourth-order valence-corrected chi connectivity index (χ4v) is 3.28. The van der Waals surface area contributed by atoms with Crippen LogP contribution < -0.4 is 10.1 Å². The lowest BCUT2D eigenvalue weighted by Gasteiger charge is -2.08. The van der Waals surface area contributed by atoms with Crippen molar-refractivity contribution in [3.63, 3.8) is 0 Å². The number of benzene rings is 3. The number of carboxylic acid groups (broad SMARTS) is 1. The van der Waals surface area contributed by atoms with Gasteiger partial charge in [0, 0.05) is 10.9 Å². The van der Waals surface area contributed by atoms with E-state index in [2.05, 4.69) is 5.32 Å². The summed E-state index contributed by atoms with van der Waals surface area (Å²) in [5.41, 5.74) is 4.09. The third-order valence-electron chi connectivity index (χ3n) is 4.55. The molecule has 1 amide bonds. The largest absolute Gasteiger partial charge is 0.497 e. The number of nitrogens with one attached hydrogen (secondary N) is 1. The van der Waals surface area contributed by atoms with E-state index >= 15 is 0 Å². The summed E-state index contributed by atoms with van der Waals surface area (Å²) in [5, 5.41) is 17.4. The molecule has 4 aromatic rings. The second kappa shape index (κ2) is 7.44. The summed E-state index contributed by atoms with van der Waals surface area (Å²) >= 11 is 0. The zero-order valence-electron chi connectivity index (χ0n) is 15.3.